The van der Waals surface area contributed by atoms with Crippen LogP contribution in [-0.2, 0) is 0 Å². The first-order chi connectivity index (χ1) is 9.24. The number of fused-ring (bicyclic) bond motifs is 3. The van der Waals surface area contributed by atoms with Crippen LogP contribution in [0.25, 0.3) is 22.1 Å². The molecule has 3 aromatic rings. The Kier molecular flexibility index (Phi) is 3.14. The Hall–Kier alpha value is -1.62. The van der Waals surface area contributed by atoms with Gasteiger partial charge in [-0.15, -0.1) is 0 Å². The van der Waals surface area contributed by atoms with Crippen molar-refractivity contribution in [1.29, 1.82) is 0 Å². The summed E-state index contributed by atoms with van der Waals surface area (Å²) in [4.78, 5) is 10.9. The van der Waals surface area contributed by atoms with Gasteiger partial charge >= 0.3 is 0 Å². The molecule has 2 aromatic heterocycles. The number of nitrogens with zero attached hydrogens (tertiary/aromatic N) is 3. The first-order valence-corrected chi connectivity index (χ1v) is 7.11. The molecule has 0 saturated heterocycles. The summed E-state index contributed by atoms with van der Waals surface area (Å²) in [6.07, 6.45) is 1.60. The van der Waals surface area contributed by atoms with Crippen molar-refractivity contribution < 1.29 is 4.42 Å². The number of halogens is 1. The maximum absolute atomic E-state index is 5.94. The lowest BCUT2D eigenvalue weighted by atomic mass is 10.2. The van der Waals surface area contributed by atoms with Crippen LogP contribution in [0.15, 0.2) is 33.4 Å². The molecule has 0 amide bonds. The quantitative estimate of drug-likeness (QED) is 0.732. The van der Waals surface area contributed by atoms with Crippen LogP contribution in [0.1, 0.15) is 13.8 Å². The monoisotopic (exact) mass is 319 g/mol. The van der Waals surface area contributed by atoms with E-state index < -0.39 is 0 Å². The Morgan fingerprint density at radius 3 is 2.74 bits per heavy atom. The first-order valence-electron chi connectivity index (χ1n) is 6.32. The second-order valence-corrected chi connectivity index (χ2v) is 5.21. The molecule has 0 atom stereocenters. The van der Waals surface area contributed by atoms with Gasteiger partial charge in [-0.3, -0.25) is 0 Å². The molecule has 1 aromatic carbocycles. The van der Waals surface area contributed by atoms with E-state index in [1.165, 1.54) is 0 Å². The standard InChI is InChI=1S/C14H14BrN3O/c1-3-18(4-2)14-13-12(16-8-17-14)10-7-9(15)5-6-11(10)19-13/h5-8H,3-4H2,1-2H3. The third kappa shape index (κ3) is 1.98. The maximum atomic E-state index is 5.94. The van der Waals surface area contributed by atoms with Crippen molar-refractivity contribution in [3.63, 3.8) is 0 Å². The summed E-state index contributed by atoms with van der Waals surface area (Å²) < 4.78 is 6.95. The van der Waals surface area contributed by atoms with Crippen LogP contribution in [0.5, 0.6) is 0 Å². The number of benzene rings is 1. The zero-order valence-corrected chi connectivity index (χ0v) is 12.4. The van der Waals surface area contributed by atoms with Crippen LogP contribution in [-0.4, -0.2) is 23.1 Å². The summed E-state index contributed by atoms with van der Waals surface area (Å²) in [6.45, 7) is 6.00. The van der Waals surface area contributed by atoms with Gasteiger partial charge in [0.05, 0.1) is 0 Å². The predicted molar refractivity (Wildman–Crippen MR) is 80.6 cm³/mol. The van der Waals surface area contributed by atoms with Crippen molar-refractivity contribution in [3.8, 4) is 0 Å². The molecule has 0 unspecified atom stereocenters. The van der Waals surface area contributed by atoms with Crippen molar-refractivity contribution in [3.05, 3.63) is 29.0 Å². The largest absolute Gasteiger partial charge is 0.450 e. The summed E-state index contributed by atoms with van der Waals surface area (Å²) in [5, 5.41) is 1.01. The lowest BCUT2D eigenvalue weighted by Gasteiger charge is -2.18. The number of furan rings is 1. The lowest BCUT2D eigenvalue weighted by Crippen LogP contribution is -2.23. The first kappa shape index (κ1) is 12.4. The second-order valence-electron chi connectivity index (χ2n) is 4.29. The molecule has 0 saturated carbocycles. The smallest absolute Gasteiger partial charge is 0.196 e. The fraction of sp³-hybridized carbons (Fsp3) is 0.286. The molecule has 0 spiro atoms. The highest BCUT2D eigenvalue weighted by Gasteiger charge is 2.16. The van der Waals surface area contributed by atoms with Gasteiger partial charge in [0.2, 0.25) is 0 Å². The molecule has 0 radical (unpaired) electrons. The Morgan fingerprint density at radius 2 is 2.00 bits per heavy atom. The Balaban J connectivity index is 2.34. The van der Waals surface area contributed by atoms with Crippen LogP contribution in [0.2, 0.25) is 0 Å². The maximum Gasteiger partial charge on any atom is 0.196 e. The Bertz CT molecular complexity index is 734. The lowest BCUT2D eigenvalue weighted by molar-refractivity contribution is 0.661. The average Bonchev–Trinajstić information content (AvgIpc) is 2.79. The topological polar surface area (TPSA) is 42.2 Å². The number of anilines is 1. The molecule has 0 aliphatic heterocycles. The highest BCUT2D eigenvalue weighted by molar-refractivity contribution is 9.10. The van der Waals surface area contributed by atoms with Gasteiger partial charge in [0.1, 0.15) is 17.4 Å². The molecular formula is C14H14BrN3O. The van der Waals surface area contributed by atoms with Crippen LogP contribution >= 0.6 is 15.9 Å². The average molecular weight is 320 g/mol. The SMILES string of the molecule is CCN(CC)c1ncnc2c1oc1ccc(Br)cc12. The number of rotatable bonds is 3. The zero-order chi connectivity index (χ0) is 13.4. The molecule has 19 heavy (non-hydrogen) atoms. The summed E-state index contributed by atoms with van der Waals surface area (Å²) in [7, 11) is 0. The molecule has 2 heterocycles. The molecule has 98 valence electrons. The number of hydrogen-bond donors (Lipinski definition) is 0. The van der Waals surface area contributed by atoms with E-state index in [4.69, 9.17) is 4.42 Å². The van der Waals surface area contributed by atoms with Crippen LogP contribution in [0.4, 0.5) is 5.82 Å². The molecule has 0 N–H and O–H groups in total. The Morgan fingerprint density at radius 1 is 1.21 bits per heavy atom. The molecule has 0 aliphatic carbocycles. The van der Waals surface area contributed by atoms with Gasteiger partial charge in [0, 0.05) is 22.9 Å². The zero-order valence-electron chi connectivity index (χ0n) is 10.9. The normalized spacial score (nSPS) is 11.3. The third-order valence-electron chi connectivity index (χ3n) is 3.26. The summed E-state index contributed by atoms with van der Waals surface area (Å²) >= 11 is 3.48. The van der Waals surface area contributed by atoms with Crippen molar-refractivity contribution in [2.24, 2.45) is 0 Å². The van der Waals surface area contributed by atoms with Gasteiger partial charge in [-0.1, -0.05) is 15.9 Å². The fourth-order valence-corrected chi connectivity index (χ4v) is 2.65. The van der Waals surface area contributed by atoms with Gasteiger partial charge < -0.3 is 9.32 Å². The Labute approximate surface area is 119 Å². The minimum absolute atomic E-state index is 0.763. The van der Waals surface area contributed by atoms with Crippen LogP contribution in [0, 0.1) is 0 Å². The van der Waals surface area contributed by atoms with E-state index in [0.717, 1.165) is 45.4 Å². The van der Waals surface area contributed by atoms with Gasteiger partial charge in [-0.2, -0.15) is 0 Å². The predicted octanol–water partition coefficient (Wildman–Crippen LogP) is 3.98. The minimum Gasteiger partial charge on any atom is -0.450 e. The molecular weight excluding hydrogens is 306 g/mol. The third-order valence-corrected chi connectivity index (χ3v) is 3.75. The van der Waals surface area contributed by atoms with E-state index >= 15 is 0 Å². The van der Waals surface area contributed by atoms with E-state index in [-0.39, 0.29) is 0 Å². The van der Waals surface area contributed by atoms with E-state index in [0.29, 0.717) is 0 Å². The molecule has 0 aliphatic rings. The van der Waals surface area contributed by atoms with E-state index in [1.54, 1.807) is 6.33 Å². The molecule has 0 bridgehead atoms. The number of hydrogen-bond acceptors (Lipinski definition) is 4. The minimum atomic E-state index is 0.763. The fourth-order valence-electron chi connectivity index (χ4n) is 2.28. The molecule has 0 fully saturated rings. The number of aromatic nitrogens is 2. The van der Waals surface area contributed by atoms with Crippen LogP contribution in [0.3, 0.4) is 0 Å². The molecule has 4 nitrogen and oxygen atoms in total. The van der Waals surface area contributed by atoms with Crippen molar-refractivity contribution >= 4 is 43.8 Å². The van der Waals surface area contributed by atoms with E-state index in [1.807, 2.05) is 18.2 Å². The highest BCUT2D eigenvalue weighted by atomic mass is 79.9. The highest BCUT2D eigenvalue weighted by Crippen LogP contribution is 2.33. The van der Waals surface area contributed by atoms with Gasteiger partial charge in [-0.25, -0.2) is 9.97 Å². The molecule has 5 heteroatoms. The summed E-state index contributed by atoms with van der Waals surface area (Å²) in [6, 6.07) is 5.95. The van der Waals surface area contributed by atoms with Gasteiger partial charge in [-0.05, 0) is 32.0 Å². The van der Waals surface area contributed by atoms with Gasteiger partial charge in [0.15, 0.2) is 11.4 Å². The second kappa shape index (κ2) is 4.81. The van der Waals surface area contributed by atoms with E-state index in [9.17, 15) is 0 Å². The van der Waals surface area contributed by atoms with Crippen LogP contribution < -0.4 is 4.90 Å². The van der Waals surface area contributed by atoms with Gasteiger partial charge in [0.25, 0.3) is 0 Å². The van der Waals surface area contributed by atoms with Crippen molar-refractivity contribution in [2.45, 2.75) is 13.8 Å². The molecule has 3 rings (SSSR count). The van der Waals surface area contributed by atoms with E-state index in [2.05, 4.69) is 44.6 Å². The summed E-state index contributed by atoms with van der Waals surface area (Å²) in [5.41, 5.74) is 2.47. The summed E-state index contributed by atoms with van der Waals surface area (Å²) in [5.74, 6) is 0.863. The van der Waals surface area contributed by atoms with Crippen molar-refractivity contribution in [2.75, 3.05) is 18.0 Å². The van der Waals surface area contributed by atoms with Crippen molar-refractivity contribution in [1.82, 2.24) is 9.97 Å².